The van der Waals surface area contributed by atoms with Gasteiger partial charge in [-0.1, -0.05) is 6.07 Å². The van der Waals surface area contributed by atoms with Gasteiger partial charge in [0.15, 0.2) is 5.96 Å². The summed E-state index contributed by atoms with van der Waals surface area (Å²) in [5.41, 5.74) is 0. The van der Waals surface area contributed by atoms with Crippen molar-refractivity contribution in [2.24, 2.45) is 4.99 Å². The van der Waals surface area contributed by atoms with Gasteiger partial charge in [0, 0.05) is 23.3 Å². The molecule has 0 aromatic carbocycles. The molecule has 3 nitrogen and oxygen atoms in total. The average Bonchev–Trinajstić information content (AvgIpc) is 3.05. The summed E-state index contributed by atoms with van der Waals surface area (Å²) in [6.07, 6.45) is 1.04. The lowest BCUT2D eigenvalue weighted by atomic mass is 10.3. The predicted molar refractivity (Wildman–Crippen MR) is 93.3 cm³/mol. The molecule has 0 aliphatic carbocycles. The molecule has 0 bridgehead atoms. The van der Waals surface area contributed by atoms with E-state index in [1.165, 1.54) is 12.6 Å². The van der Waals surface area contributed by atoms with E-state index in [1.807, 2.05) is 11.3 Å². The summed E-state index contributed by atoms with van der Waals surface area (Å²) < 4.78 is 1.34. The van der Waals surface area contributed by atoms with E-state index in [0.29, 0.717) is 0 Å². The highest BCUT2D eigenvalue weighted by Gasteiger charge is 2.00. The molecular weight excluding hydrogens is 389 g/mol. The van der Waals surface area contributed by atoms with Crippen molar-refractivity contribution in [1.29, 1.82) is 0 Å². The number of guanidine groups is 1. The molecule has 2 aromatic heterocycles. The van der Waals surface area contributed by atoms with Gasteiger partial charge in [0.25, 0.3) is 0 Å². The molecule has 0 atom stereocenters. The Bertz CT molecular complexity index is 520. The van der Waals surface area contributed by atoms with Gasteiger partial charge in [-0.2, -0.15) is 0 Å². The van der Waals surface area contributed by atoms with Crippen LogP contribution in [0.2, 0.25) is 0 Å². The van der Waals surface area contributed by atoms with Crippen LogP contribution in [0, 0.1) is 2.88 Å². The fourth-order valence-corrected chi connectivity index (χ4v) is 3.99. The highest BCUT2D eigenvalue weighted by Crippen LogP contribution is 2.18. The monoisotopic (exact) mass is 405 g/mol. The predicted octanol–water partition coefficient (Wildman–Crippen LogP) is 3.32. The summed E-state index contributed by atoms with van der Waals surface area (Å²) in [6.45, 7) is 1.73. The van der Waals surface area contributed by atoms with E-state index in [2.05, 4.69) is 67.9 Å². The number of nitrogens with one attached hydrogen (secondary N) is 2. The standard InChI is InChI=1S/C13H16IN3S2/c1-15-13(17-9-11-3-2-8-18-11)16-7-6-10-4-5-12(14)19-10/h2-5,8H,6-7,9H2,1H3,(H2,15,16,17). The first kappa shape index (κ1) is 14.8. The van der Waals surface area contributed by atoms with Gasteiger partial charge in [-0.25, -0.2) is 0 Å². The van der Waals surface area contributed by atoms with Crippen molar-refractivity contribution in [2.75, 3.05) is 13.6 Å². The van der Waals surface area contributed by atoms with Crippen molar-refractivity contribution in [1.82, 2.24) is 10.6 Å². The van der Waals surface area contributed by atoms with E-state index in [0.717, 1.165) is 25.5 Å². The molecule has 0 amide bonds. The Kier molecular flexibility index (Phi) is 6.12. The van der Waals surface area contributed by atoms with Crippen LogP contribution in [-0.4, -0.2) is 19.6 Å². The van der Waals surface area contributed by atoms with Crippen LogP contribution in [0.15, 0.2) is 34.6 Å². The first-order valence-electron chi connectivity index (χ1n) is 5.99. The number of rotatable bonds is 5. The zero-order valence-electron chi connectivity index (χ0n) is 10.6. The Morgan fingerprint density at radius 1 is 1.26 bits per heavy atom. The van der Waals surface area contributed by atoms with Crippen molar-refractivity contribution < 1.29 is 0 Å². The third kappa shape index (κ3) is 5.12. The second-order valence-corrected chi connectivity index (χ2v) is 7.98. The largest absolute Gasteiger partial charge is 0.356 e. The molecule has 0 saturated carbocycles. The second kappa shape index (κ2) is 7.86. The van der Waals surface area contributed by atoms with Crippen LogP contribution in [0.3, 0.4) is 0 Å². The molecule has 19 heavy (non-hydrogen) atoms. The highest BCUT2D eigenvalue weighted by atomic mass is 127. The fraction of sp³-hybridized carbons (Fsp3) is 0.308. The molecule has 102 valence electrons. The first-order valence-corrected chi connectivity index (χ1v) is 8.76. The van der Waals surface area contributed by atoms with Gasteiger partial charge in [0.1, 0.15) is 0 Å². The molecule has 2 rings (SSSR count). The summed E-state index contributed by atoms with van der Waals surface area (Å²) in [6, 6.07) is 8.54. The zero-order chi connectivity index (χ0) is 13.5. The van der Waals surface area contributed by atoms with Gasteiger partial charge in [-0.05, 0) is 52.6 Å². The maximum Gasteiger partial charge on any atom is 0.191 e. The number of hydrogen-bond donors (Lipinski definition) is 2. The van der Waals surface area contributed by atoms with Crippen LogP contribution >= 0.6 is 45.3 Å². The molecular formula is C13H16IN3S2. The lowest BCUT2D eigenvalue weighted by Crippen LogP contribution is -2.37. The smallest absolute Gasteiger partial charge is 0.191 e. The Balaban J connectivity index is 1.71. The minimum atomic E-state index is 0.828. The molecule has 2 N–H and O–H groups in total. The number of hydrogen-bond acceptors (Lipinski definition) is 3. The van der Waals surface area contributed by atoms with Gasteiger partial charge in [-0.15, -0.1) is 22.7 Å². The van der Waals surface area contributed by atoms with Crippen LogP contribution in [0.5, 0.6) is 0 Å². The third-order valence-electron chi connectivity index (χ3n) is 2.53. The molecule has 0 aliphatic heterocycles. The summed E-state index contributed by atoms with van der Waals surface area (Å²) in [7, 11) is 1.80. The summed E-state index contributed by atoms with van der Waals surface area (Å²) in [4.78, 5) is 6.95. The summed E-state index contributed by atoms with van der Waals surface area (Å²) >= 11 is 5.96. The second-order valence-electron chi connectivity index (χ2n) is 3.89. The van der Waals surface area contributed by atoms with E-state index in [-0.39, 0.29) is 0 Å². The zero-order valence-corrected chi connectivity index (χ0v) is 14.4. The van der Waals surface area contributed by atoms with Crippen LogP contribution in [-0.2, 0) is 13.0 Å². The maximum absolute atomic E-state index is 4.22. The van der Waals surface area contributed by atoms with Crippen molar-refractivity contribution in [3.8, 4) is 0 Å². The number of nitrogens with zero attached hydrogens (tertiary/aromatic N) is 1. The maximum atomic E-state index is 4.22. The Morgan fingerprint density at radius 2 is 2.16 bits per heavy atom. The van der Waals surface area contributed by atoms with E-state index in [1.54, 1.807) is 18.4 Å². The van der Waals surface area contributed by atoms with Crippen LogP contribution in [0.4, 0.5) is 0 Å². The molecule has 0 fully saturated rings. The summed E-state index contributed by atoms with van der Waals surface area (Å²) in [5.74, 6) is 0.861. The third-order valence-corrected chi connectivity index (χ3v) is 5.36. The number of thiophene rings is 2. The lowest BCUT2D eigenvalue weighted by Gasteiger charge is -2.10. The number of aliphatic imine (C=N–C) groups is 1. The van der Waals surface area contributed by atoms with Crippen molar-refractivity contribution in [3.63, 3.8) is 0 Å². The van der Waals surface area contributed by atoms with E-state index in [9.17, 15) is 0 Å². The molecule has 0 spiro atoms. The Morgan fingerprint density at radius 3 is 2.79 bits per heavy atom. The average molecular weight is 405 g/mol. The van der Waals surface area contributed by atoms with Gasteiger partial charge in [0.2, 0.25) is 0 Å². The molecule has 0 saturated heterocycles. The topological polar surface area (TPSA) is 36.4 Å². The summed E-state index contributed by atoms with van der Waals surface area (Å²) in [5, 5.41) is 8.74. The van der Waals surface area contributed by atoms with Crippen molar-refractivity contribution in [3.05, 3.63) is 42.3 Å². The normalized spacial score (nSPS) is 11.6. The van der Waals surface area contributed by atoms with E-state index in [4.69, 9.17) is 0 Å². The van der Waals surface area contributed by atoms with E-state index >= 15 is 0 Å². The SMILES string of the molecule is CN=C(NCCc1ccc(I)s1)NCc1cccs1. The quantitative estimate of drug-likeness (QED) is 0.455. The van der Waals surface area contributed by atoms with Crippen molar-refractivity contribution in [2.45, 2.75) is 13.0 Å². The number of halogens is 1. The van der Waals surface area contributed by atoms with Crippen LogP contribution in [0.1, 0.15) is 9.75 Å². The fourth-order valence-electron chi connectivity index (χ4n) is 1.59. The lowest BCUT2D eigenvalue weighted by molar-refractivity contribution is 0.804. The molecule has 0 unspecified atom stereocenters. The molecule has 0 aliphatic rings. The molecule has 2 heterocycles. The molecule has 2 aromatic rings. The Labute approximate surface area is 135 Å². The van der Waals surface area contributed by atoms with Crippen LogP contribution in [0.25, 0.3) is 0 Å². The minimum Gasteiger partial charge on any atom is -0.356 e. The highest BCUT2D eigenvalue weighted by molar-refractivity contribution is 14.1. The van der Waals surface area contributed by atoms with Crippen molar-refractivity contribution >= 4 is 51.2 Å². The minimum absolute atomic E-state index is 0.828. The molecule has 0 radical (unpaired) electrons. The van der Waals surface area contributed by atoms with Gasteiger partial charge >= 0.3 is 0 Å². The first-order chi connectivity index (χ1) is 9.28. The van der Waals surface area contributed by atoms with Crippen LogP contribution < -0.4 is 10.6 Å². The van der Waals surface area contributed by atoms with Gasteiger partial charge in [0.05, 0.1) is 9.43 Å². The van der Waals surface area contributed by atoms with E-state index < -0.39 is 0 Å². The molecule has 6 heteroatoms. The Hall–Kier alpha value is -0.600. The van der Waals surface area contributed by atoms with Gasteiger partial charge < -0.3 is 10.6 Å². The van der Waals surface area contributed by atoms with Gasteiger partial charge in [-0.3, -0.25) is 4.99 Å².